The Hall–Kier alpha value is -4.04. The Morgan fingerprint density at radius 3 is 2.37 bits per heavy atom. The van der Waals surface area contributed by atoms with Crippen LogP contribution in [0.5, 0.6) is 0 Å². The summed E-state index contributed by atoms with van der Waals surface area (Å²) >= 11 is 0. The van der Waals surface area contributed by atoms with Crippen LogP contribution in [0.3, 0.4) is 0 Å². The molecular weight excluding hydrogens is 503 g/mol. The smallest absolute Gasteiger partial charge is 0.328 e. The first-order valence-electron chi connectivity index (χ1n) is 12.3. The zero-order valence-electron chi connectivity index (χ0n) is 21.0. The van der Waals surface area contributed by atoms with Crippen molar-refractivity contribution in [2.24, 2.45) is 5.92 Å². The Bertz CT molecular complexity index is 1710. The molecule has 1 aliphatic carbocycles. The number of rotatable bonds is 7. The summed E-state index contributed by atoms with van der Waals surface area (Å²) in [6.07, 6.45) is 6.90. The van der Waals surface area contributed by atoms with Gasteiger partial charge in [0.2, 0.25) is 5.95 Å². The van der Waals surface area contributed by atoms with Gasteiger partial charge in [0, 0.05) is 12.3 Å². The van der Waals surface area contributed by atoms with Gasteiger partial charge in [0.15, 0.2) is 9.84 Å². The Morgan fingerprint density at radius 1 is 1.05 bits per heavy atom. The predicted molar refractivity (Wildman–Crippen MR) is 147 cm³/mol. The van der Waals surface area contributed by atoms with Crippen LogP contribution in [0.2, 0.25) is 0 Å². The van der Waals surface area contributed by atoms with Crippen molar-refractivity contribution in [3.05, 3.63) is 101 Å². The van der Waals surface area contributed by atoms with Gasteiger partial charge in [-0.3, -0.25) is 5.10 Å². The van der Waals surface area contributed by atoms with Crippen molar-refractivity contribution in [2.75, 3.05) is 6.26 Å². The van der Waals surface area contributed by atoms with E-state index in [1.54, 1.807) is 24.3 Å². The number of aromatic amines is 1. The summed E-state index contributed by atoms with van der Waals surface area (Å²) in [5, 5.41) is 15.8. The monoisotopic (exact) mass is 530 g/mol. The molecule has 1 aliphatic rings. The lowest BCUT2D eigenvalue weighted by Gasteiger charge is -2.32. The van der Waals surface area contributed by atoms with Gasteiger partial charge in [-0.1, -0.05) is 42.8 Å². The Kier molecular flexibility index (Phi) is 6.75. The zero-order chi connectivity index (χ0) is 27.0. The third-order valence-electron chi connectivity index (χ3n) is 7.11. The van der Waals surface area contributed by atoms with Crippen LogP contribution in [0.25, 0.3) is 28.1 Å². The van der Waals surface area contributed by atoms with E-state index >= 15 is 0 Å². The first-order valence-corrected chi connectivity index (χ1v) is 14.2. The Morgan fingerprint density at radius 2 is 1.76 bits per heavy atom. The number of nitrogens with one attached hydrogen (secondary N) is 1. The minimum Gasteiger partial charge on any atom is -0.478 e. The van der Waals surface area contributed by atoms with E-state index in [4.69, 9.17) is 5.11 Å². The second-order valence-electron chi connectivity index (χ2n) is 9.73. The largest absolute Gasteiger partial charge is 0.478 e. The van der Waals surface area contributed by atoms with E-state index in [1.165, 1.54) is 12.3 Å². The maximum atomic E-state index is 14.5. The van der Waals surface area contributed by atoms with E-state index in [9.17, 15) is 17.6 Å². The molecule has 0 unspecified atom stereocenters. The van der Waals surface area contributed by atoms with Crippen LogP contribution in [0.1, 0.15) is 47.1 Å². The molecule has 0 atom stereocenters. The van der Waals surface area contributed by atoms with Crippen molar-refractivity contribution >= 4 is 43.9 Å². The lowest BCUT2D eigenvalue weighted by Crippen LogP contribution is -2.16. The number of aryl methyl sites for hydroxylation is 1. The highest BCUT2D eigenvalue weighted by Gasteiger charge is 2.29. The number of sulfone groups is 1. The van der Waals surface area contributed by atoms with Crippen LogP contribution >= 0.6 is 0 Å². The molecule has 38 heavy (non-hydrogen) atoms. The minimum absolute atomic E-state index is 0.254. The second kappa shape index (κ2) is 10.0. The van der Waals surface area contributed by atoms with Crippen LogP contribution in [0.15, 0.2) is 71.6 Å². The van der Waals surface area contributed by atoms with Crippen molar-refractivity contribution in [2.45, 2.75) is 31.1 Å². The number of H-pyrrole nitrogens is 1. The van der Waals surface area contributed by atoms with Crippen molar-refractivity contribution in [3.8, 4) is 0 Å². The number of benzene rings is 3. The third kappa shape index (κ3) is 5.04. The summed E-state index contributed by atoms with van der Waals surface area (Å²) in [6.45, 7) is 1.92. The van der Waals surface area contributed by atoms with E-state index in [0.29, 0.717) is 10.9 Å². The van der Waals surface area contributed by atoms with Crippen LogP contribution in [0.4, 0.5) is 4.39 Å². The van der Waals surface area contributed by atoms with Gasteiger partial charge in [-0.25, -0.2) is 13.2 Å². The Balaban J connectivity index is 1.77. The molecule has 6 nitrogen and oxygen atoms in total. The van der Waals surface area contributed by atoms with Gasteiger partial charge in [-0.15, -0.1) is 0 Å². The fraction of sp³-hybridized carbons (Fsp3) is 0.200. The summed E-state index contributed by atoms with van der Waals surface area (Å²) in [7, 11) is -3.36. The quantitative estimate of drug-likeness (QED) is 0.217. The number of carboxylic acid groups (broad SMARTS) is 1. The summed E-state index contributed by atoms with van der Waals surface area (Å²) in [6, 6.07) is 18.3. The van der Waals surface area contributed by atoms with Gasteiger partial charge in [-0.2, -0.15) is 9.49 Å². The number of halogens is 1. The number of hydrogen-bond donors (Lipinski definition) is 2. The lowest BCUT2D eigenvalue weighted by atomic mass is 9.72. The number of nitrogens with zero attached hydrogens (tertiary/aromatic N) is 1. The maximum absolute atomic E-state index is 14.5. The minimum atomic E-state index is -3.36. The number of allylic oxidation sites excluding steroid dienone is 1. The average molecular weight is 531 g/mol. The topological polar surface area (TPSA) is 100 Å². The molecule has 1 saturated carbocycles. The Labute approximate surface area is 220 Å². The van der Waals surface area contributed by atoms with E-state index in [1.807, 2.05) is 43.3 Å². The van der Waals surface area contributed by atoms with Gasteiger partial charge in [-0.05, 0) is 95.0 Å². The maximum Gasteiger partial charge on any atom is 0.328 e. The van der Waals surface area contributed by atoms with E-state index in [2.05, 4.69) is 10.2 Å². The van der Waals surface area contributed by atoms with Crippen LogP contribution in [0, 0.1) is 18.8 Å². The molecule has 0 bridgehead atoms. The number of fused-ring (bicyclic) bond motifs is 1. The first-order chi connectivity index (χ1) is 18.1. The van der Waals surface area contributed by atoms with E-state index < -0.39 is 21.8 Å². The van der Waals surface area contributed by atoms with Crippen molar-refractivity contribution in [1.29, 1.82) is 0 Å². The molecule has 0 saturated heterocycles. The molecule has 4 aromatic rings. The molecule has 8 heteroatoms. The molecule has 194 valence electrons. The highest BCUT2D eigenvalue weighted by atomic mass is 32.2. The second-order valence-corrected chi connectivity index (χ2v) is 11.7. The summed E-state index contributed by atoms with van der Waals surface area (Å²) < 4.78 is 38.9. The normalized spacial score (nSPS) is 15.0. The summed E-state index contributed by atoms with van der Waals surface area (Å²) in [5.74, 6) is -1.27. The van der Waals surface area contributed by atoms with Crippen LogP contribution in [-0.4, -0.2) is 35.9 Å². The molecule has 3 aromatic carbocycles. The summed E-state index contributed by atoms with van der Waals surface area (Å²) in [5.41, 5.74) is 6.81. The zero-order valence-corrected chi connectivity index (χ0v) is 21.8. The fourth-order valence-electron chi connectivity index (χ4n) is 4.97. The van der Waals surface area contributed by atoms with E-state index in [0.717, 1.165) is 64.3 Å². The number of hydrogen-bond acceptors (Lipinski definition) is 4. The number of aromatic nitrogens is 2. The highest BCUT2D eigenvalue weighted by Crippen LogP contribution is 2.46. The molecule has 0 amide bonds. The van der Waals surface area contributed by atoms with Gasteiger partial charge in [0.05, 0.1) is 15.8 Å². The SMILES string of the molecule is Cc1cc(S(C)(=O)=O)ccc1C(=C(c1ccc(C=CC(=O)O)cc1)c1ccc2n[nH]c(F)c2c1)C1CCC1. The third-order valence-corrected chi connectivity index (χ3v) is 8.22. The predicted octanol–water partition coefficient (Wildman–Crippen LogP) is 6.27. The van der Waals surface area contributed by atoms with Crippen molar-refractivity contribution in [1.82, 2.24) is 10.2 Å². The molecule has 0 spiro atoms. The average Bonchev–Trinajstić information content (AvgIpc) is 3.21. The molecule has 0 aliphatic heterocycles. The van der Waals surface area contributed by atoms with Crippen molar-refractivity contribution in [3.63, 3.8) is 0 Å². The molecule has 1 fully saturated rings. The van der Waals surface area contributed by atoms with Gasteiger partial charge in [0.1, 0.15) is 0 Å². The lowest BCUT2D eigenvalue weighted by molar-refractivity contribution is -0.131. The van der Waals surface area contributed by atoms with Gasteiger partial charge in [0.25, 0.3) is 0 Å². The van der Waals surface area contributed by atoms with Gasteiger partial charge >= 0.3 is 5.97 Å². The number of aliphatic carboxylic acids is 1. The number of carbonyl (C=O) groups is 1. The van der Waals surface area contributed by atoms with Gasteiger partial charge < -0.3 is 5.11 Å². The molecule has 5 rings (SSSR count). The van der Waals surface area contributed by atoms with Crippen LogP contribution < -0.4 is 0 Å². The number of carboxylic acids is 1. The molecule has 1 heterocycles. The highest BCUT2D eigenvalue weighted by molar-refractivity contribution is 7.90. The molecule has 0 radical (unpaired) electrons. The molecule has 2 N–H and O–H groups in total. The summed E-state index contributed by atoms with van der Waals surface area (Å²) in [4.78, 5) is 11.2. The fourth-order valence-corrected chi connectivity index (χ4v) is 5.67. The van der Waals surface area contributed by atoms with E-state index in [-0.39, 0.29) is 10.8 Å². The molecule has 1 aromatic heterocycles. The standard InChI is InChI=1S/C30H27FN2O4S/c1-18-16-23(38(2,36)37)12-13-24(18)29(20-4-3-5-20)28(21-9-6-19(7-10-21)8-15-27(34)35)22-11-14-26-25(17-22)30(31)33-32-26/h6-17,20H,3-5H2,1-2H3,(H,32,33)(H,34,35). The first kappa shape index (κ1) is 25.6. The van der Waals surface area contributed by atoms with Crippen molar-refractivity contribution < 1.29 is 22.7 Å². The van der Waals surface area contributed by atoms with Crippen LogP contribution in [-0.2, 0) is 14.6 Å². The molecular formula is C30H27FN2O4S.